The highest BCUT2D eigenvalue weighted by Crippen LogP contribution is 2.55. The van der Waals surface area contributed by atoms with Crippen LogP contribution < -0.4 is 5.32 Å². The van der Waals surface area contributed by atoms with Gasteiger partial charge in [-0.05, 0) is 98.0 Å². The van der Waals surface area contributed by atoms with Crippen molar-refractivity contribution in [2.45, 2.75) is 62.8 Å². The second-order valence-corrected chi connectivity index (χ2v) is 11.8. The Morgan fingerprint density at radius 1 is 0.791 bits per heavy atom. The summed E-state index contributed by atoms with van der Waals surface area (Å²) in [6.07, 6.45) is 1.21. The van der Waals surface area contributed by atoms with E-state index >= 15 is 0 Å². The van der Waals surface area contributed by atoms with E-state index in [2.05, 4.69) is 10.2 Å². The number of rotatable bonds is 7. The average molecular weight is 595 g/mol. The summed E-state index contributed by atoms with van der Waals surface area (Å²) in [5.41, 5.74) is 1.26. The van der Waals surface area contributed by atoms with Gasteiger partial charge in [0, 0.05) is 6.54 Å². The van der Waals surface area contributed by atoms with Crippen LogP contribution in [0, 0.1) is 5.41 Å². The Labute approximate surface area is 247 Å². The molecule has 0 bridgehead atoms. The topological polar surface area (TPSA) is 107 Å². The maximum absolute atomic E-state index is 13.5. The SMILES string of the molecule is O=C(O)c1ccc(C2(NC(=O)C3CC4(CCN3Cc3ccc(C(F)(F)F)cc3)CC4)CC2)cc1.O=C(O)c1ccccc1. The van der Waals surface area contributed by atoms with Gasteiger partial charge in [0.25, 0.3) is 0 Å². The Morgan fingerprint density at radius 3 is 1.86 bits per heavy atom. The molecule has 3 aromatic carbocycles. The zero-order valence-electron chi connectivity index (χ0n) is 23.4. The van der Waals surface area contributed by atoms with Crippen LogP contribution in [0.25, 0.3) is 0 Å². The first-order valence-electron chi connectivity index (χ1n) is 14.2. The van der Waals surface area contributed by atoms with Gasteiger partial charge in [-0.3, -0.25) is 9.69 Å². The summed E-state index contributed by atoms with van der Waals surface area (Å²) >= 11 is 0. The number of benzene rings is 3. The van der Waals surface area contributed by atoms with E-state index < -0.39 is 29.2 Å². The largest absolute Gasteiger partial charge is 0.478 e. The number of nitrogens with zero attached hydrogens (tertiary/aromatic N) is 1. The van der Waals surface area contributed by atoms with Crippen molar-refractivity contribution >= 4 is 17.8 Å². The lowest BCUT2D eigenvalue weighted by Crippen LogP contribution is -2.53. The van der Waals surface area contributed by atoms with Crippen molar-refractivity contribution in [1.29, 1.82) is 0 Å². The molecule has 3 aliphatic rings. The normalized spacial score (nSPS) is 19.9. The van der Waals surface area contributed by atoms with Gasteiger partial charge in [-0.1, -0.05) is 42.5 Å². The number of carbonyl (C=O) groups excluding carboxylic acids is 1. The van der Waals surface area contributed by atoms with Gasteiger partial charge in [-0.25, -0.2) is 9.59 Å². The summed E-state index contributed by atoms with van der Waals surface area (Å²) < 4.78 is 38.7. The maximum atomic E-state index is 13.5. The first-order valence-corrected chi connectivity index (χ1v) is 14.2. The molecule has 1 spiro atoms. The van der Waals surface area contributed by atoms with Gasteiger partial charge in [0.1, 0.15) is 0 Å². The summed E-state index contributed by atoms with van der Waals surface area (Å²) in [7, 11) is 0. The van der Waals surface area contributed by atoms with Gasteiger partial charge < -0.3 is 15.5 Å². The van der Waals surface area contributed by atoms with Crippen molar-refractivity contribution in [3.8, 4) is 0 Å². The van der Waals surface area contributed by atoms with Gasteiger partial charge in [-0.15, -0.1) is 0 Å². The van der Waals surface area contributed by atoms with E-state index in [1.54, 1.807) is 54.6 Å². The summed E-state index contributed by atoms with van der Waals surface area (Å²) in [4.78, 5) is 36.9. The number of nitrogens with one attached hydrogen (secondary N) is 1. The number of likely N-dealkylation sites (tertiary alicyclic amines) is 1. The molecular formula is C33H33F3N2O5. The molecule has 1 aliphatic heterocycles. The molecule has 2 saturated carbocycles. The van der Waals surface area contributed by atoms with E-state index in [4.69, 9.17) is 10.2 Å². The molecule has 10 heteroatoms. The number of piperidine rings is 1. The quantitative estimate of drug-likeness (QED) is 0.295. The average Bonchev–Trinajstić information content (AvgIpc) is 3.93. The fraction of sp³-hybridized carbons (Fsp3) is 0.364. The van der Waals surface area contributed by atoms with Crippen LogP contribution in [0.1, 0.15) is 75.9 Å². The van der Waals surface area contributed by atoms with E-state index in [0.29, 0.717) is 12.1 Å². The fourth-order valence-electron chi connectivity index (χ4n) is 5.73. The number of halogens is 3. The predicted octanol–water partition coefficient (Wildman–Crippen LogP) is 6.34. The minimum Gasteiger partial charge on any atom is -0.478 e. The van der Waals surface area contributed by atoms with Crippen molar-refractivity contribution in [3.63, 3.8) is 0 Å². The monoisotopic (exact) mass is 594 g/mol. The molecule has 6 rings (SSSR count). The number of alkyl halides is 3. The summed E-state index contributed by atoms with van der Waals surface area (Å²) in [6, 6.07) is 19.8. The standard InChI is InChI=1S/C26H27F3N2O3.C7H6O2/c27-26(28,29)20-5-1-17(2-6-20)16-31-14-13-24(9-10-24)15-21(31)22(32)30-25(11-12-25)19-7-3-18(4-8-19)23(33)34;8-7(9)6-4-2-1-3-5-6/h1-8,21H,9-16H2,(H,30,32)(H,33,34);1-5H,(H,8,9). The summed E-state index contributed by atoms with van der Waals surface area (Å²) in [5.74, 6) is -1.93. The molecule has 2 aliphatic carbocycles. The number of carboxylic acids is 2. The summed E-state index contributed by atoms with van der Waals surface area (Å²) in [5, 5.41) is 20.8. The Kier molecular flexibility index (Phi) is 8.34. The number of carboxylic acid groups (broad SMARTS) is 2. The second kappa shape index (κ2) is 11.8. The molecule has 1 amide bonds. The van der Waals surface area contributed by atoms with Crippen LogP contribution in [0.3, 0.4) is 0 Å². The highest BCUT2D eigenvalue weighted by Gasteiger charge is 2.52. The lowest BCUT2D eigenvalue weighted by Gasteiger charge is -2.39. The molecule has 3 aromatic rings. The minimum atomic E-state index is -4.37. The van der Waals surface area contributed by atoms with Crippen LogP contribution in [0.5, 0.6) is 0 Å². The number of aromatic carboxylic acids is 2. The van der Waals surface area contributed by atoms with Crippen molar-refractivity contribution in [2.75, 3.05) is 6.54 Å². The molecule has 43 heavy (non-hydrogen) atoms. The van der Waals surface area contributed by atoms with Gasteiger partial charge in [-0.2, -0.15) is 13.2 Å². The first-order chi connectivity index (χ1) is 20.4. The third-order valence-electron chi connectivity index (χ3n) is 8.74. The molecule has 1 heterocycles. The predicted molar refractivity (Wildman–Crippen MR) is 152 cm³/mol. The van der Waals surface area contributed by atoms with Crippen molar-refractivity contribution in [2.24, 2.45) is 5.41 Å². The number of amides is 1. The maximum Gasteiger partial charge on any atom is 0.416 e. The zero-order valence-corrected chi connectivity index (χ0v) is 23.4. The van der Waals surface area contributed by atoms with Crippen LogP contribution in [0.2, 0.25) is 0 Å². The van der Waals surface area contributed by atoms with Crippen molar-refractivity contribution in [3.05, 3.63) is 107 Å². The molecule has 0 aromatic heterocycles. The molecule has 3 fully saturated rings. The third kappa shape index (κ3) is 7.25. The molecule has 7 nitrogen and oxygen atoms in total. The van der Waals surface area contributed by atoms with Crippen molar-refractivity contribution < 1.29 is 37.8 Å². The smallest absolute Gasteiger partial charge is 0.416 e. The molecule has 226 valence electrons. The molecule has 1 saturated heterocycles. The van der Waals surface area contributed by atoms with E-state index in [-0.39, 0.29) is 22.9 Å². The van der Waals surface area contributed by atoms with Crippen LogP contribution >= 0.6 is 0 Å². The van der Waals surface area contributed by atoms with E-state index in [1.807, 2.05) is 0 Å². The molecule has 1 unspecified atom stereocenters. The Hall–Kier alpha value is -4.18. The van der Waals surface area contributed by atoms with Gasteiger partial charge in [0.15, 0.2) is 0 Å². The van der Waals surface area contributed by atoms with Gasteiger partial charge >= 0.3 is 18.1 Å². The van der Waals surface area contributed by atoms with Crippen LogP contribution in [0.15, 0.2) is 78.9 Å². The molecule has 1 atom stereocenters. The zero-order chi connectivity index (χ0) is 30.8. The Morgan fingerprint density at radius 2 is 1.37 bits per heavy atom. The number of hydrogen-bond donors (Lipinski definition) is 3. The van der Waals surface area contributed by atoms with Crippen LogP contribution in [-0.2, 0) is 23.1 Å². The van der Waals surface area contributed by atoms with Gasteiger partial charge in [0.2, 0.25) is 5.91 Å². The number of carbonyl (C=O) groups is 3. The van der Waals surface area contributed by atoms with E-state index in [1.165, 1.54) is 12.1 Å². The van der Waals surface area contributed by atoms with Gasteiger partial charge in [0.05, 0.1) is 28.3 Å². The highest BCUT2D eigenvalue weighted by atomic mass is 19.4. The second-order valence-electron chi connectivity index (χ2n) is 11.8. The summed E-state index contributed by atoms with van der Waals surface area (Å²) in [6.45, 7) is 1.16. The van der Waals surface area contributed by atoms with Crippen LogP contribution in [-0.4, -0.2) is 45.5 Å². The molecule has 0 radical (unpaired) electrons. The molecule has 3 N–H and O–H groups in total. The van der Waals surface area contributed by atoms with Crippen molar-refractivity contribution in [1.82, 2.24) is 10.2 Å². The van der Waals surface area contributed by atoms with E-state index in [9.17, 15) is 27.6 Å². The third-order valence-corrected chi connectivity index (χ3v) is 8.74. The lowest BCUT2D eigenvalue weighted by atomic mass is 9.86. The lowest BCUT2D eigenvalue weighted by molar-refractivity contribution is -0.137. The first kappa shape index (κ1) is 30.3. The fourth-order valence-corrected chi connectivity index (χ4v) is 5.73. The van der Waals surface area contributed by atoms with Crippen LogP contribution in [0.4, 0.5) is 13.2 Å². The minimum absolute atomic E-state index is 0.0577. The highest BCUT2D eigenvalue weighted by molar-refractivity contribution is 5.88. The molecular weight excluding hydrogens is 561 g/mol. The van der Waals surface area contributed by atoms with E-state index in [0.717, 1.165) is 68.3 Å². The number of hydrogen-bond acceptors (Lipinski definition) is 4. The Bertz CT molecular complexity index is 1470. The Balaban J connectivity index is 0.000000351.